The van der Waals surface area contributed by atoms with Gasteiger partial charge in [-0.1, -0.05) is 6.92 Å². The van der Waals surface area contributed by atoms with E-state index in [2.05, 4.69) is 0 Å². The fraction of sp³-hybridized carbons (Fsp3) is 1.00. The Balaban J connectivity index is 2.83. The lowest BCUT2D eigenvalue weighted by Crippen LogP contribution is -1.82. The van der Waals surface area contributed by atoms with Crippen LogP contribution in [-0.4, -0.2) is 9.96 Å². The van der Waals surface area contributed by atoms with Crippen LogP contribution >= 0.6 is 10.7 Å². The zero-order chi connectivity index (χ0) is 4.99. The molecular formula is C3H7ClOS. The summed E-state index contributed by atoms with van der Waals surface area (Å²) in [6.07, 6.45) is 0.899. The molecule has 0 amide bonds. The average Bonchev–Trinajstić information content (AvgIpc) is 1.35. The molecule has 0 spiro atoms. The molecule has 0 aromatic rings. The quantitative estimate of drug-likeness (QED) is 0.510. The maximum Gasteiger partial charge on any atom is 0.114 e. The van der Waals surface area contributed by atoms with E-state index in [1.54, 1.807) is 0 Å². The zero-order valence-corrected chi connectivity index (χ0v) is 5.18. The summed E-state index contributed by atoms with van der Waals surface area (Å²) in [5, 5.41) is 0. The highest BCUT2D eigenvalue weighted by atomic mass is 35.7. The van der Waals surface area contributed by atoms with Gasteiger partial charge in [-0.3, -0.25) is 0 Å². The third kappa shape index (κ3) is 4.44. The molecule has 1 atom stereocenters. The third-order valence-corrected chi connectivity index (χ3v) is 1.56. The van der Waals surface area contributed by atoms with E-state index in [0.29, 0.717) is 5.75 Å². The predicted molar refractivity (Wildman–Crippen MR) is 29.2 cm³/mol. The number of hydrogen-bond acceptors (Lipinski definition) is 1. The van der Waals surface area contributed by atoms with Crippen LogP contribution in [0.2, 0.25) is 0 Å². The van der Waals surface area contributed by atoms with E-state index in [0.717, 1.165) is 6.42 Å². The van der Waals surface area contributed by atoms with Crippen molar-refractivity contribution in [1.29, 1.82) is 0 Å². The van der Waals surface area contributed by atoms with E-state index in [1.807, 2.05) is 6.92 Å². The van der Waals surface area contributed by atoms with Gasteiger partial charge in [0.1, 0.15) is 10.0 Å². The van der Waals surface area contributed by atoms with Gasteiger partial charge in [-0.05, 0) is 17.1 Å². The van der Waals surface area contributed by atoms with Gasteiger partial charge in [0.2, 0.25) is 0 Å². The summed E-state index contributed by atoms with van der Waals surface area (Å²) in [6.45, 7) is 1.94. The lowest BCUT2D eigenvalue weighted by Gasteiger charge is -1.79. The van der Waals surface area contributed by atoms with Crippen LogP contribution in [0.5, 0.6) is 0 Å². The molecule has 1 nitrogen and oxygen atoms in total. The summed E-state index contributed by atoms with van der Waals surface area (Å²) in [7, 11) is 3.96. The predicted octanol–water partition coefficient (Wildman–Crippen LogP) is 1.30. The van der Waals surface area contributed by atoms with Gasteiger partial charge in [0, 0.05) is 5.75 Å². The maximum absolute atomic E-state index is 9.92. The largest absolute Gasteiger partial charge is 0.243 e. The number of halogens is 1. The normalized spacial score (nSPS) is 14.3. The molecule has 0 aromatic heterocycles. The lowest BCUT2D eigenvalue weighted by atomic mass is 10.6. The molecule has 0 saturated heterocycles. The van der Waals surface area contributed by atoms with Crippen LogP contribution in [0, 0.1) is 0 Å². The van der Waals surface area contributed by atoms with E-state index in [-0.39, 0.29) is 0 Å². The Labute approximate surface area is 44.7 Å². The number of hydrogen-bond donors (Lipinski definition) is 0. The molecule has 0 aliphatic carbocycles. The minimum absolute atomic E-state index is 0.613. The highest BCUT2D eigenvalue weighted by molar-refractivity contribution is 8.08. The van der Waals surface area contributed by atoms with Crippen LogP contribution in [0.3, 0.4) is 0 Å². The maximum atomic E-state index is 9.92. The molecule has 6 heavy (non-hydrogen) atoms. The van der Waals surface area contributed by atoms with E-state index in [1.165, 1.54) is 0 Å². The van der Waals surface area contributed by atoms with Gasteiger partial charge >= 0.3 is 0 Å². The molecule has 0 fully saturated rings. The van der Waals surface area contributed by atoms with Crippen molar-refractivity contribution in [2.75, 3.05) is 5.75 Å². The van der Waals surface area contributed by atoms with Gasteiger partial charge in [-0.25, -0.2) is 4.21 Å². The van der Waals surface area contributed by atoms with E-state index < -0.39 is 10.0 Å². The van der Waals surface area contributed by atoms with Crippen molar-refractivity contribution in [3.63, 3.8) is 0 Å². The fourth-order valence-corrected chi connectivity index (χ4v) is 0.944. The first-order valence-corrected chi connectivity index (χ1v) is 3.96. The van der Waals surface area contributed by atoms with Crippen LogP contribution < -0.4 is 0 Å². The van der Waals surface area contributed by atoms with Crippen molar-refractivity contribution < 1.29 is 4.21 Å². The molecule has 0 aliphatic rings. The molecule has 3 heteroatoms. The van der Waals surface area contributed by atoms with Gasteiger partial charge in [0.25, 0.3) is 0 Å². The second-order valence-corrected chi connectivity index (χ2v) is 3.01. The SMILES string of the molecule is CCC[S@@](=O)Cl. The van der Waals surface area contributed by atoms with Gasteiger partial charge in [0.05, 0.1) is 0 Å². The molecule has 0 rings (SSSR count). The van der Waals surface area contributed by atoms with E-state index >= 15 is 0 Å². The molecule has 38 valence electrons. The summed E-state index contributed by atoms with van der Waals surface area (Å²) in [5.74, 6) is 0.613. The van der Waals surface area contributed by atoms with Crippen molar-refractivity contribution in [2.45, 2.75) is 13.3 Å². The van der Waals surface area contributed by atoms with Crippen molar-refractivity contribution in [1.82, 2.24) is 0 Å². The Kier molecular flexibility index (Phi) is 3.89. The molecular weight excluding hydrogens is 120 g/mol. The molecule has 0 N–H and O–H groups in total. The summed E-state index contributed by atoms with van der Waals surface area (Å²) in [4.78, 5) is 0. The third-order valence-electron chi connectivity index (χ3n) is 0.365. The topological polar surface area (TPSA) is 17.1 Å². The minimum atomic E-state index is -1.09. The van der Waals surface area contributed by atoms with E-state index in [9.17, 15) is 4.21 Å². The van der Waals surface area contributed by atoms with Crippen molar-refractivity contribution in [3.8, 4) is 0 Å². The summed E-state index contributed by atoms with van der Waals surface area (Å²) in [5.41, 5.74) is 0. The Bertz CT molecular complexity index is 54.8. The van der Waals surface area contributed by atoms with Crippen LogP contribution in [0.4, 0.5) is 0 Å². The highest BCUT2D eigenvalue weighted by Crippen LogP contribution is 1.88. The van der Waals surface area contributed by atoms with Crippen LogP contribution in [0.1, 0.15) is 13.3 Å². The van der Waals surface area contributed by atoms with Gasteiger partial charge in [-0.2, -0.15) is 0 Å². The number of rotatable bonds is 2. The van der Waals surface area contributed by atoms with Gasteiger partial charge in [0.15, 0.2) is 0 Å². The monoisotopic (exact) mass is 126 g/mol. The Morgan fingerprint density at radius 3 is 2.33 bits per heavy atom. The molecule has 0 radical (unpaired) electrons. The van der Waals surface area contributed by atoms with Gasteiger partial charge in [-0.15, -0.1) is 0 Å². The summed E-state index contributed by atoms with van der Waals surface area (Å²) >= 11 is 0. The lowest BCUT2D eigenvalue weighted by molar-refractivity contribution is 0.690. The molecule has 0 aliphatic heterocycles. The van der Waals surface area contributed by atoms with Crippen LogP contribution in [0.25, 0.3) is 0 Å². The van der Waals surface area contributed by atoms with Crippen molar-refractivity contribution >= 4 is 20.7 Å². The summed E-state index contributed by atoms with van der Waals surface area (Å²) in [6, 6.07) is 0. The fourth-order valence-electron chi connectivity index (χ4n) is 0.160. The molecule has 0 bridgehead atoms. The molecule has 0 aromatic carbocycles. The molecule has 0 unspecified atom stereocenters. The Morgan fingerprint density at radius 2 is 2.33 bits per heavy atom. The van der Waals surface area contributed by atoms with Gasteiger partial charge < -0.3 is 0 Å². The molecule has 0 heterocycles. The summed E-state index contributed by atoms with van der Waals surface area (Å²) < 4.78 is 9.92. The Morgan fingerprint density at radius 1 is 1.83 bits per heavy atom. The first-order valence-electron chi connectivity index (χ1n) is 1.82. The standard InChI is InChI=1S/C3H7ClOS/c1-2-3-6(4)5/h2-3H2,1H3/t6-/m1/s1. The first-order chi connectivity index (χ1) is 2.77. The smallest absolute Gasteiger partial charge is 0.114 e. The Hall–Kier alpha value is 0.440. The van der Waals surface area contributed by atoms with Crippen molar-refractivity contribution in [3.05, 3.63) is 0 Å². The average molecular weight is 127 g/mol. The van der Waals surface area contributed by atoms with E-state index in [4.69, 9.17) is 10.7 Å². The second kappa shape index (κ2) is 3.62. The highest BCUT2D eigenvalue weighted by Gasteiger charge is 1.84. The van der Waals surface area contributed by atoms with Crippen LogP contribution in [0.15, 0.2) is 0 Å². The molecule has 0 saturated carbocycles. The zero-order valence-electron chi connectivity index (χ0n) is 3.61. The minimum Gasteiger partial charge on any atom is -0.243 e. The van der Waals surface area contributed by atoms with Crippen LogP contribution in [-0.2, 0) is 10.0 Å². The second-order valence-electron chi connectivity index (χ2n) is 0.994. The van der Waals surface area contributed by atoms with Crippen molar-refractivity contribution in [2.24, 2.45) is 0 Å². The first kappa shape index (κ1) is 6.44.